The lowest BCUT2D eigenvalue weighted by Crippen LogP contribution is -2.44. The molecule has 0 amide bonds. The summed E-state index contributed by atoms with van der Waals surface area (Å²) >= 11 is 0. The Labute approximate surface area is 160 Å². The lowest BCUT2D eigenvalue weighted by atomic mass is 10.0. The van der Waals surface area contributed by atoms with Gasteiger partial charge in [0.15, 0.2) is 0 Å². The molecule has 4 heteroatoms. The van der Waals surface area contributed by atoms with E-state index in [9.17, 15) is 9.59 Å². The van der Waals surface area contributed by atoms with Gasteiger partial charge in [0, 0.05) is 12.8 Å². The van der Waals surface area contributed by atoms with E-state index in [1.54, 1.807) is 0 Å². The van der Waals surface area contributed by atoms with Gasteiger partial charge in [-0.1, -0.05) is 32.9 Å². The van der Waals surface area contributed by atoms with Crippen LogP contribution in [0.3, 0.4) is 0 Å². The number of hydrogen-bond acceptors (Lipinski definition) is 3. The Morgan fingerprint density at radius 1 is 0.923 bits per heavy atom. The van der Waals surface area contributed by atoms with Crippen molar-refractivity contribution in [1.29, 1.82) is 0 Å². The predicted octanol–water partition coefficient (Wildman–Crippen LogP) is 5.89. The maximum absolute atomic E-state index is 10.5. The molecule has 1 rings (SSSR count). The van der Waals surface area contributed by atoms with Crippen LogP contribution in [0, 0.1) is 0 Å². The molecule has 0 unspecified atom stereocenters. The molecule has 0 atom stereocenters. The highest BCUT2D eigenvalue weighted by atomic mass is 28.4. The minimum Gasteiger partial charge on any atom is -0.543 e. The molecule has 0 saturated carbocycles. The van der Waals surface area contributed by atoms with Crippen LogP contribution in [0.15, 0.2) is 18.2 Å². The summed E-state index contributed by atoms with van der Waals surface area (Å²) in [6, 6.07) is 6.59. The van der Waals surface area contributed by atoms with E-state index in [1.165, 1.54) is 11.1 Å². The molecule has 26 heavy (non-hydrogen) atoms. The van der Waals surface area contributed by atoms with Crippen LogP contribution >= 0.6 is 0 Å². The molecule has 0 radical (unpaired) electrons. The molecule has 146 valence electrons. The third-order valence-corrected chi connectivity index (χ3v) is 9.70. The van der Waals surface area contributed by atoms with Crippen molar-refractivity contribution in [3.05, 3.63) is 29.3 Å². The van der Waals surface area contributed by atoms with E-state index in [4.69, 9.17) is 4.43 Å². The lowest BCUT2D eigenvalue weighted by molar-refractivity contribution is -0.108. The second-order valence-corrected chi connectivity index (χ2v) is 13.4. The summed E-state index contributed by atoms with van der Waals surface area (Å²) < 4.78 is 6.64. The fraction of sp³-hybridized carbons (Fsp3) is 0.636. The SMILES string of the molecule is CC(C)(C)[Si](C)(C)Oc1cc(CCCCC=O)ccc1CCCCC=O. The van der Waals surface area contributed by atoms with E-state index in [0.717, 1.165) is 56.8 Å². The van der Waals surface area contributed by atoms with Crippen molar-refractivity contribution in [3.8, 4) is 5.75 Å². The van der Waals surface area contributed by atoms with Gasteiger partial charge < -0.3 is 14.0 Å². The smallest absolute Gasteiger partial charge is 0.250 e. The average Bonchev–Trinajstić information content (AvgIpc) is 2.56. The Balaban J connectivity index is 2.93. The van der Waals surface area contributed by atoms with Gasteiger partial charge in [0.05, 0.1) is 0 Å². The molecule has 3 nitrogen and oxygen atoms in total. The third kappa shape index (κ3) is 7.44. The molecule has 1 aromatic rings. The van der Waals surface area contributed by atoms with Crippen LogP contribution in [-0.2, 0) is 22.4 Å². The molecular weight excluding hydrogens is 340 g/mol. The maximum Gasteiger partial charge on any atom is 0.250 e. The quantitative estimate of drug-likeness (QED) is 0.259. The van der Waals surface area contributed by atoms with Crippen molar-refractivity contribution in [3.63, 3.8) is 0 Å². The summed E-state index contributed by atoms with van der Waals surface area (Å²) in [5.74, 6) is 1.02. The highest BCUT2D eigenvalue weighted by Gasteiger charge is 2.39. The number of carbonyl (C=O) groups is 2. The fourth-order valence-electron chi connectivity index (χ4n) is 2.58. The standard InChI is InChI=1S/C22H36O3Si/c1-22(2,3)26(4,5)25-21-18-19(12-8-6-10-16-23)14-15-20(21)13-9-7-11-17-24/h14-18H,6-13H2,1-5H3. The first kappa shape index (κ1) is 22.6. The predicted molar refractivity (Wildman–Crippen MR) is 112 cm³/mol. The average molecular weight is 377 g/mol. The van der Waals surface area contributed by atoms with Crippen LogP contribution < -0.4 is 4.43 Å². The summed E-state index contributed by atoms with van der Waals surface area (Å²) in [6.45, 7) is 11.3. The summed E-state index contributed by atoms with van der Waals surface area (Å²) in [6.07, 6.45) is 9.09. The zero-order valence-corrected chi connectivity index (χ0v) is 18.3. The van der Waals surface area contributed by atoms with Crippen molar-refractivity contribution in [2.75, 3.05) is 0 Å². The zero-order valence-electron chi connectivity index (χ0n) is 17.3. The van der Waals surface area contributed by atoms with Crippen LogP contribution in [0.5, 0.6) is 5.75 Å². The molecule has 0 fully saturated rings. The largest absolute Gasteiger partial charge is 0.543 e. The van der Waals surface area contributed by atoms with E-state index < -0.39 is 8.32 Å². The normalized spacial score (nSPS) is 12.0. The Morgan fingerprint density at radius 3 is 2.04 bits per heavy atom. The van der Waals surface area contributed by atoms with Crippen LogP contribution in [0.2, 0.25) is 18.1 Å². The van der Waals surface area contributed by atoms with Gasteiger partial charge >= 0.3 is 0 Å². The van der Waals surface area contributed by atoms with E-state index in [0.29, 0.717) is 12.8 Å². The van der Waals surface area contributed by atoms with Crippen molar-refractivity contribution in [2.45, 2.75) is 90.3 Å². The van der Waals surface area contributed by atoms with Gasteiger partial charge in [-0.2, -0.15) is 0 Å². The first-order valence-corrected chi connectivity index (χ1v) is 12.8. The van der Waals surface area contributed by atoms with Crippen LogP contribution in [0.4, 0.5) is 0 Å². The van der Waals surface area contributed by atoms with Gasteiger partial charge in [-0.15, -0.1) is 0 Å². The van der Waals surface area contributed by atoms with E-state index >= 15 is 0 Å². The van der Waals surface area contributed by atoms with Crippen molar-refractivity contribution in [1.82, 2.24) is 0 Å². The molecular formula is C22H36O3Si. The molecule has 0 aliphatic rings. The van der Waals surface area contributed by atoms with Gasteiger partial charge in [-0.05, 0) is 73.9 Å². The number of carbonyl (C=O) groups excluding carboxylic acids is 2. The van der Waals surface area contributed by atoms with Gasteiger partial charge in [-0.3, -0.25) is 0 Å². The molecule has 0 aliphatic carbocycles. The Morgan fingerprint density at radius 2 is 1.50 bits per heavy atom. The molecule has 0 saturated heterocycles. The summed E-state index contributed by atoms with van der Waals surface area (Å²) in [5.41, 5.74) is 2.53. The number of unbranched alkanes of at least 4 members (excludes halogenated alkanes) is 4. The third-order valence-electron chi connectivity index (χ3n) is 5.36. The number of hydrogen-bond donors (Lipinski definition) is 0. The first-order valence-electron chi connectivity index (χ1n) is 9.89. The van der Waals surface area contributed by atoms with Gasteiger partial charge in [-0.25, -0.2) is 0 Å². The van der Waals surface area contributed by atoms with Crippen molar-refractivity contribution < 1.29 is 14.0 Å². The minimum absolute atomic E-state index is 0.155. The summed E-state index contributed by atoms with van der Waals surface area (Å²) in [4.78, 5) is 21.0. The monoisotopic (exact) mass is 376 g/mol. The van der Waals surface area contributed by atoms with Crippen LogP contribution in [0.25, 0.3) is 0 Å². The van der Waals surface area contributed by atoms with Crippen molar-refractivity contribution >= 4 is 20.9 Å². The van der Waals surface area contributed by atoms with Crippen molar-refractivity contribution in [2.24, 2.45) is 0 Å². The summed E-state index contributed by atoms with van der Waals surface area (Å²) in [5, 5.41) is 0.155. The van der Waals surface area contributed by atoms with Gasteiger partial charge in [0.25, 0.3) is 0 Å². The molecule has 0 aliphatic heterocycles. The van der Waals surface area contributed by atoms with Gasteiger partial charge in [0.2, 0.25) is 8.32 Å². The number of aryl methyl sites for hydroxylation is 2. The topological polar surface area (TPSA) is 43.4 Å². The lowest BCUT2D eigenvalue weighted by Gasteiger charge is -2.37. The zero-order chi connectivity index (χ0) is 19.6. The number of benzene rings is 1. The van der Waals surface area contributed by atoms with Crippen LogP contribution in [0.1, 0.15) is 70.4 Å². The second-order valence-electron chi connectivity index (χ2n) is 8.63. The van der Waals surface area contributed by atoms with E-state index in [1.807, 2.05) is 0 Å². The molecule has 0 heterocycles. The Bertz CT molecular complexity index is 573. The molecule has 0 N–H and O–H groups in total. The first-order chi connectivity index (χ1) is 12.2. The molecule has 0 spiro atoms. The molecule has 1 aromatic carbocycles. The number of aldehydes is 2. The van der Waals surface area contributed by atoms with E-state index in [2.05, 4.69) is 52.1 Å². The van der Waals surface area contributed by atoms with Crippen LogP contribution in [-0.4, -0.2) is 20.9 Å². The molecule has 0 aromatic heterocycles. The minimum atomic E-state index is -1.90. The fourth-order valence-corrected chi connectivity index (χ4v) is 3.63. The highest BCUT2D eigenvalue weighted by Crippen LogP contribution is 2.38. The maximum atomic E-state index is 10.5. The Hall–Kier alpha value is -1.42. The van der Waals surface area contributed by atoms with Gasteiger partial charge in [0.1, 0.15) is 18.3 Å². The molecule has 0 bridgehead atoms. The number of rotatable bonds is 12. The van der Waals surface area contributed by atoms with E-state index in [-0.39, 0.29) is 5.04 Å². The highest BCUT2D eigenvalue weighted by molar-refractivity contribution is 6.74. The summed E-state index contributed by atoms with van der Waals surface area (Å²) in [7, 11) is -1.90. The Kier molecular flexibility index (Phi) is 9.27. The second kappa shape index (κ2) is 10.7.